The summed E-state index contributed by atoms with van der Waals surface area (Å²) in [5.41, 5.74) is 0. The Hall–Kier alpha value is 0.882. The molecule has 0 rings (SSSR count). The van der Waals surface area contributed by atoms with E-state index in [-0.39, 0.29) is 17.4 Å². The van der Waals surface area contributed by atoms with Gasteiger partial charge in [-0.2, -0.15) is 0 Å². The van der Waals surface area contributed by atoms with Crippen LogP contribution in [0.4, 0.5) is 0 Å². The molecule has 0 aromatic heterocycles. The molecule has 0 bridgehead atoms. The molecule has 0 aromatic rings. The lowest BCUT2D eigenvalue weighted by Gasteiger charge is -2.12. The molecule has 0 N–H and O–H groups in total. The second-order valence-electron chi connectivity index (χ2n) is 1.62. The minimum Gasteiger partial charge on any atom is -0.254 e. The molecule has 0 aliphatic carbocycles. The molecule has 2 heteroatoms. The minimum atomic E-state index is 0. The topological polar surface area (TPSA) is 0 Å². The van der Waals surface area contributed by atoms with Gasteiger partial charge in [0.15, 0.2) is 17.4 Å². The van der Waals surface area contributed by atoms with Crippen LogP contribution in [0.15, 0.2) is 0 Å². The van der Waals surface area contributed by atoms with E-state index in [4.69, 9.17) is 0 Å². The van der Waals surface area contributed by atoms with Crippen LogP contribution in [0.3, 0.4) is 0 Å². The SMILES string of the molecule is CC[SH](CC)CC.[AlH3]. The van der Waals surface area contributed by atoms with Gasteiger partial charge in [-0.15, -0.1) is 0 Å². The smallest absolute Gasteiger partial charge is 0.187 e. The second-order valence-corrected chi connectivity index (χ2v) is 4.86. The Balaban J connectivity index is 0. The summed E-state index contributed by atoms with van der Waals surface area (Å²) in [5, 5.41) is 0. The monoisotopic (exact) mass is 150 g/mol. The molecule has 0 amide bonds. The fraction of sp³-hybridized carbons (Fsp3) is 1.00. The van der Waals surface area contributed by atoms with E-state index in [1.54, 1.807) is 0 Å². The van der Waals surface area contributed by atoms with E-state index in [1.165, 1.54) is 17.3 Å². The molecule has 0 saturated carbocycles. The number of hydrogen-bond acceptors (Lipinski definition) is 0. The standard InChI is InChI=1S/C6H16S.Al.3H/c1-4-7(5-2)6-3;;;;/h7H,4-6H2,1-3H3;;;;. The van der Waals surface area contributed by atoms with Crippen molar-refractivity contribution in [2.45, 2.75) is 20.8 Å². The average Bonchev–Trinajstić information content (AvgIpc) is 1.72. The molecule has 0 radical (unpaired) electrons. The van der Waals surface area contributed by atoms with Gasteiger partial charge in [0.05, 0.1) is 0 Å². The van der Waals surface area contributed by atoms with Gasteiger partial charge >= 0.3 is 0 Å². The van der Waals surface area contributed by atoms with Crippen molar-refractivity contribution in [1.82, 2.24) is 0 Å². The van der Waals surface area contributed by atoms with Crippen molar-refractivity contribution in [2.75, 3.05) is 17.3 Å². The highest BCUT2D eigenvalue weighted by molar-refractivity contribution is 8.16. The van der Waals surface area contributed by atoms with Gasteiger partial charge < -0.3 is 0 Å². The van der Waals surface area contributed by atoms with E-state index >= 15 is 0 Å². The molecule has 52 valence electrons. The Morgan fingerprint density at radius 1 is 0.875 bits per heavy atom. The minimum absolute atomic E-state index is 0. The fourth-order valence-electron chi connectivity index (χ4n) is 0.671. The van der Waals surface area contributed by atoms with E-state index in [1.807, 2.05) is 0 Å². The maximum Gasteiger partial charge on any atom is 0.187 e. The maximum absolute atomic E-state index is 2.29. The molecule has 8 heavy (non-hydrogen) atoms. The summed E-state index contributed by atoms with van der Waals surface area (Å²) >= 11 is 0. The van der Waals surface area contributed by atoms with Crippen LogP contribution >= 0.6 is 10.9 Å². The lowest BCUT2D eigenvalue weighted by Crippen LogP contribution is -1.88. The zero-order chi connectivity index (χ0) is 5.70. The highest BCUT2D eigenvalue weighted by atomic mass is 32.2. The van der Waals surface area contributed by atoms with Gasteiger partial charge in [0, 0.05) is 0 Å². The van der Waals surface area contributed by atoms with Crippen molar-refractivity contribution >= 4 is 28.3 Å². The Labute approximate surface area is 66.5 Å². The fourth-order valence-corrected chi connectivity index (χ4v) is 2.01. The van der Waals surface area contributed by atoms with E-state index in [2.05, 4.69) is 20.8 Å². The van der Waals surface area contributed by atoms with Crippen molar-refractivity contribution in [1.29, 1.82) is 0 Å². The van der Waals surface area contributed by atoms with E-state index < -0.39 is 0 Å². The molecular weight excluding hydrogens is 131 g/mol. The molecule has 0 fully saturated rings. The van der Waals surface area contributed by atoms with Crippen LogP contribution in [0.25, 0.3) is 0 Å². The van der Waals surface area contributed by atoms with Crippen LogP contribution in [0.2, 0.25) is 0 Å². The molecule has 0 atom stereocenters. The first-order valence-electron chi connectivity index (χ1n) is 3.07. The molecular formula is C6H19AlS. The van der Waals surface area contributed by atoms with Crippen molar-refractivity contribution < 1.29 is 0 Å². The summed E-state index contributed by atoms with van der Waals surface area (Å²) in [6.45, 7) is 6.87. The first kappa shape index (κ1) is 11.7. The van der Waals surface area contributed by atoms with E-state index in [0.717, 1.165) is 0 Å². The Morgan fingerprint density at radius 3 is 1.12 bits per heavy atom. The first-order valence-corrected chi connectivity index (χ1v) is 4.97. The summed E-state index contributed by atoms with van der Waals surface area (Å²) < 4.78 is 0. The lowest BCUT2D eigenvalue weighted by molar-refractivity contribution is 1.38. The third-order valence-electron chi connectivity index (χ3n) is 1.34. The largest absolute Gasteiger partial charge is 0.254 e. The van der Waals surface area contributed by atoms with Crippen molar-refractivity contribution in [3.8, 4) is 0 Å². The first-order chi connectivity index (χ1) is 3.35. The quantitative estimate of drug-likeness (QED) is 0.448. The van der Waals surface area contributed by atoms with Crippen LogP contribution in [0.1, 0.15) is 20.8 Å². The Bertz CT molecular complexity index is 30.0. The zero-order valence-electron chi connectivity index (χ0n) is 5.57. The summed E-state index contributed by atoms with van der Waals surface area (Å²) in [5.74, 6) is 4.26. The van der Waals surface area contributed by atoms with Gasteiger partial charge in [0.2, 0.25) is 0 Å². The lowest BCUT2D eigenvalue weighted by atomic mass is 10.9. The summed E-state index contributed by atoms with van der Waals surface area (Å²) in [6, 6.07) is 0. The molecule has 0 unspecified atom stereocenters. The number of thiol groups is 1. The summed E-state index contributed by atoms with van der Waals surface area (Å²) in [7, 11) is 0.446. The molecule has 0 saturated heterocycles. The molecule has 0 nitrogen and oxygen atoms in total. The van der Waals surface area contributed by atoms with Crippen LogP contribution in [-0.4, -0.2) is 34.6 Å². The van der Waals surface area contributed by atoms with Gasteiger partial charge in [0.25, 0.3) is 0 Å². The van der Waals surface area contributed by atoms with Gasteiger partial charge in [-0.25, -0.2) is 0 Å². The normalized spacial score (nSPS) is 10.1. The van der Waals surface area contributed by atoms with Crippen LogP contribution < -0.4 is 0 Å². The predicted molar refractivity (Wildman–Crippen MR) is 50.5 cm³/mol. The Morgan fingerprint density at radius 2 is 1.12 bits per heavy atom. The zero-order valence-corrected chi connectivity index (χ0v) is 6.46. The third kappa shape index (κ3) is 5.03. The van der Waals surface area contributed by atoms with Crippen molar-refractivity contribution in [2.24, 2.45) is 0 Å². The van der Waals surface area contributed by atoms with E-state index in [0.29, 0.717) is 10.9 Å². The summed E-state index contributed by atoms with van der Waals surface area (Å²) in [4.78, 5) is 0. The molecule has 0 spiro atoms. The van der Waals surface area contributed by atoms with Gasteiger partial charge in [-0.3, -0.25) is 10.9 Å². The predicted octanol–water partition coefficient (Wildman–Crippen LogP) is 0.863. The third-order valence-corrected chi connectivity index (χ3v) is 4.02. The highest BCUT2D eigenvalue weighted by Gasteiger charge is 1.89. The number of hydrogen-bond donors (Lipinski definition) is 1. The average molecular weight is 150 g/mol. The molecule has 0 heterocycles. The molecule has 0 aliphatic heterocycles. The maximum atomic E-state index is 2.29. The van der Waals surface area contributed by atoms with Crippen molar-refractivity contribution in [3.63, 3.8) is 0 Å². The highest BCUT2D eigenvalue weighted by Crippen LogP contribution is 2.21. The van der Waals surface area contributed by atoms with Gasteiger partial charge in [-0.1, -0.05) is 20.8 Å². The summed E-state index contributed by atoms with van der Waals surface area (Å²) in [6.07, 6.45) is 0. The molecule has 0 aliphatic rings. The molecule has 0 aromatic carbocycles. The van der Waals surface area contributed by atoms with Crippen LogP contribution in [-0.2, 0) is 0 Å². The van der Waals surface area contributed by atoms with E-state index in [9.17, 15) is 0 Å². The number of rotatable bonds is 3. The van der Waals surface area contributed by atoms with Gasteiger partial charge in [-0.05, 0) is 17.3 Å². The van der Waals surface area contributed by atoms with Gasteiger partial charge in [0.1, 0.15) is 0 Å². The second kappa shape index (κ2) is 7.88. The van der Waals surface area contributed by atoms with Crippen LogP contribution in [0.5, 0.6) is 0 Å². The van der Waals surface area contributed by atoms with Crippen LogP contribution in [0, 0.1) is 0 Å². The Kier molecular flexibility index (Phi) is 11.5. The van der Waals surface area contributed by atoms with Crippen molar-refractivity contribution in [3.05, 3.63) is 0 Å².